The Hall–Kier alpha value is -1.96. The maximum absolute atomic E-state index is 9.71. The van der Waals surface area contributed by atoms with Gasteiger partial charge < -0.3 is 10.2 Å². The number of benzene rings is 2. The summed E-state index contributed by atoms with van der Waals surface area (Å²) in [7, 11) is 0. The predicted octanol–water partition coefficient (Wildman–Crippen LogP) is 2.67. The lowest BCUT2D eigenvalue weighted by Crippen LogP contribution is -1.81. The molecule has 0 unspecified atom stereocenters. The third kappa shape index (κ3) is 1.05. The molecule has 3 rings (SSSR count). The molecule has 74 valence electrons. The summed E-state index contributed by atoms with van der Waals surface area (Å²) >= 11 is 0. The van der Waals surface area contributed by atoms with Gasteiger partial charge in [-0.2, -0.15) is 0 Å². The highest BCUT2D eigenvalue weighted by Gasteiger charge is 2.22. The maximum Gasteiger partial charge on any atom is 0.119 e. The smallest absolute Gasteiger partial charge is 0.119 e. The summed E-state index contributed by atoms with van der Waals surface area (Å²) in [6, 6.07) is 11.0. The van der Waals surface area contributed by atoms with Gasteiger partial charge in [-0.25, -0.2) is 0 Å². The number of aromatic hydroxyl groups is 2. The minimum Gasteiger partial charge on any atom is -0.508 e. The molecule has 0 saturated carbocycles. The van der Waals surface area contributed by atoms with Gasteiger partial charge in [0.2, 0.25) is 0 Å². The van der Waals surface area contributed by atoms with Crippen molar-refractivity contribution in [1.29, 1.82) is 0 Å². The van der Waals surface area contributed by atoms with Crippen LogP contribution in [0.2, 0.25) is 0 Å². The van der Waals surface area contributed by atoms with Crippen molar-refractivity contribution < 1.29 is 10.2 Å². The molecule has 0 bridgehead atoms. The minimum absolute atomic E-state index is 0.308. The topological polar surface area (TPSA) is 40.5 Å². The average molecular weight is 198 g/mol. The lowest BCUT2D eigenvalue weighted by Gasteiger charge is -2.01. The number of rotatable bonds is 0. The lowest BCUT2D eigenvalue weighted by molar-refractivity contribution is 0.465. The SMILES string of the molecule is Oc1cccc2c1Cc1c(O)cccc1-2. The molecule has 2 nitrogen and oxygen atoms in total. The number of phenolic OH excluding ortho intramolecular Hbond substituents is 2. The summed E-state index contributed by atoms with van der Waals surface area (Å²) in [4.78, 5) is 0. The summed E-state index contributed by atoms with van der Waals surface area (Å²) in [6.45, 7) is 0. The van der Waals surface area contributed by atoms with Crippen LogP contribution in [-0.2, 0) is 6.42 Å². The Morgan fingerprint density at radius 3 is 1.67 bits per heavy atom. The first-order chi connectivity index (χ1) is 7.27. The molecule has 0 fully saturated rings. The van der Waals surface area contributed by atoms with Crippen LogP contribution in [0, 0.1) is 0 Å². The third-order valence-corrected chi connectivity index (χ3v) is 2.95. The van der Waals surface area contributed by atoms with E-state index in [9.17, 15) is 10.2 Å². The van der Waals surface area contributed by atoms with Gasteiger partial charge in [0.25, 0.3) is 0 Å². The van der Waals surface area contributed by atoms with E-state index >= 15 is 0 Å². The van der Waals surface area contributed by atoms with E-state index in [1.807, 2.05) is 24.3 Å². The Labute approximate surface area is 87.4 Å². The van der Waals surface area contributed by atoms with Crippen molar-refractivity contribution in [3.63, 3.8) is 0 Å². The van der Waals surface area contributed by atoms with Crippen LogP contribution in [0.4, 0.5) is 0 Å². The molecule has 1 aliphatic carbocycles. The van der Waals surface area contributed by atoms with Gasteiger partial charge in [-0.15, -0.1) is 0 Å². The highest BCUT2D eigenvalue weighted by Crippen LogP contribution is 2.43. The Bertz CT molecular complexity index is 495. The second-order valence-electron chi connectivity index (χ2n) is 3.78. The Kier molecular flexibility index (Phi) is 1.54. The molecule has 2 aromatic rings. The molecule has 2 aromatic carbocycles. The largest absolute Gasteiger partial charge is 0.508 e. The summed E-state index contributed by atoms with van der Waals surface area (Å²) in [5, 5.41) is 19.4. The normalized spacial score (nSPS) is 12.3. The van der Waals surface area contributed by atoms with E-state index in [1.165, 1.54) is 0 Å². The molecular formula is C13H10O2. The van der Waals surface area contributed by atoms with Crippen LogP contribution in [0.25, 0.3) is 11.1 Å². The number of fused-ring (bicyclic) bond motifs is 3. The highest BCUT2D eigenvalue weighted by molar-refractivity contribution is 5.80. The zero-order valence-electron chi connectivity index (χ0n) is 8.07. The van der Waals surface area contributed by atoms with Gasteiger partial charge in [-0.1, -0.05) is 24.3 Å². The van der Waals surface area contributed by atoms with Crippen LogP contribution in [0.1, 0.15) is 11.1 Å². The first kappa shape index (κ1) is 8.36. The van der Waals surface area contributed by atoms with Crippen LogP contribution in [0.3, 0.4) is 0 Å². The minimum atomic E-state index is 0.308. The Balaban J connectivity index is 2.33. The van der Waals surface area contributed by atoms with Gasteiger partial charge in [0.05, 0.1) is 0 Å². The van der Waals surface area contributed by atoms with Gasteiger partial charge in [0.15, 0.2) is 0 Å². The fraction of sp³-hybridized carbons (Fsp3) is 0.0769. The van der Waals surface area contributed by atoms with Crippen molar-refractivity contribution in [2.24, 2.45) is 0 Å². The average Bonchev–Trinajstić information content (AvgIpc) is 2.60. The molecule has 0 aromatic heterocycles. The van der Waals surface area contributed by atoms with E-state index in [0.29, 0.717) is 17.9 Å². The third-order valence-electron chi connectivity index (χ3n) is 2.95. The summed E-state index contributed by atoms with van der Waals surface area (Å²) in [6.07, 6.45) is 0.615. The van der Waals surface area contributed by atoms with E-state index < -0.39 is 0 Å². The summed E-state index contributed by atoms with van der Waals surface area (Å²) in [5.74, 6) is 0.617. The number of phenols is 2. The Morgan fingerprint density at radius 2 is 1.20 bits per heavy atom. The van der Waals surface area contributed by atoms with E-state index in [0.717, 1.165) is 22.3 Å². The Morgan fingerprint density at radius 1 is 0.733 bits per heavy atom. The van der Waals surface area contributed by atoms with Gasteiger partial charge in [-0.05, 0) is 23.3 Å². The van der Waals surface area contributed by atoms with E-state index in [-0.39, 0.29) is 0 Å². The first-order valence-electron chi connectivity index (χ1n) is 4.89. The number of hydrogen-bond donors (Lipinski definition) is 2. The first-order valence-corrected chi connectivity index (χ1v) is 4.89. The van der Waals surface area contributed by atoms with Crippen molar-refractivity contribution in [2.45, 2.75) is 6.42 Å². The van der Waals surface area contributed by atoms with Crippen LogP contribution in [-0.4, -0.2) is 10.2 Å². The molecule has 0 aliphatic heterocycles. The van der Waals surface area contributed by atoms with Crippen LogP contribution >= 0.6 is 0 Å². The standard InChI is InChI=1S/C13H10O2/c14-12-5-1-3-8-9-4-2-6-13(15)11(9)7-10(8)12/h1-6,14-15H,7H2. The van der Waals surface area contributed by atoms with Crippen LogP contribution in [0.15, 0.2) is 36.4 Å². The van der Waals surface area contributed by atoms with Crippen LogP contribution < -0.4 is 0 Å². The van der Waals surface area contributed by atoms with E-state index in [2.05, 4.69) is 0 Å². The molecule has 0 spiro atoms. The molecule has 0 saturated heterocycles. The molecule has 1 aliphatic rings. The quantitative estimate of drug-likeness (QED) is 0.583. The molecule has 0 heterocycles. The molecule has 0 amide bonds. The molecule has 2 N–H and O–H groups in total. The van der Waals surface area contributed by atoms with Gasteiger partial charge in [-0.3, -0.25) is 0 Å². The zero-order valence-corrected chi connectivity index (χ0v) is 8.07. The van der Waals surface area contributed by atoms with E-state index in [1.54, 1.807) is 12.1 Å². The van der Waals surface area contributed by atoms with Crippen molar-refractivity contribution >= 4 is 0 Å². The summed E-state index contributed by atoms with van der Waals surface area (Å²) < 4.78 is 0. The second kappa shape index (κ2) is 2.76. The van der Waals surface area contributed by atoms with Crippen LogP contribution in [0.5, 0.6) is 11.5 Å². The van der Waals surface area contributed by atoms with E-state index in [4.69, 9.17) is 0 Å². The molecule has 0 atom stereocenters. The summed E-state index contributed by atoms with van der Waals surface area (Å²) in [5.41, 5.74) is 3.88. The fourth-order valence-electron chi connectivity index (χ4n) is 2.20. The van der Waals surface area contributed by atoms with Gasteiger partial charge in [0.1, 0.15) is 11.5 Å². The van der Waals surface area contributed by atoms with Crippen molar-refractivity contribution in [3.8, 4) is 22.6 Å². The molecule has 2 heteroatoms. The highest BCUT2D eigenvalue weighted by atomic mass is 16.3. The van der Waals surface area contributed by atoms with Crippen molar-refractivity contribution in [1.82, 2.24) is 0 Å². The fourth-order valence-corrected chi connectivity index (χ4v) is 2.20. The maximum atomic E-state index is 9.71. The lowest BCUT2D eigenvalue weighted by atomic mass is 10.1. The van der Waals surface area contributed by atoms with Gasteiger partial charge in [0, 0.05) is 17.5 Å². The molecular weight excluding hydrogens is 188 g/mol. The van der Waals surface area contributed by atoms with Crippen molar-refractivity contribution in [3.05, 3.63) is 47.5 Å². The zero-order chi connectivity index (χ0) is 10.4. The van der Waals surface area contributed by atoms with Gasteiger partial charge >= 0.3 is 0 Å². The molecule has 0 radical (unpaired) electrons. The second-order valence-corrected chi connectivity index (χ2v) is 3.78. The predicted molar refractivity (Wildman–Crippen MR) is 58.0 cm³/mol. The van der Waals surface area contributed by atoms with Crippen molar-refractivity contribution in [2.75, 3.05) is 0 Å². The number of hydrogen-bond acceptors (Lipinski definition) is 2. The monoisotopic (exact) mass is 198 g/mol. The molecule has 15 heavy (non-hydrogen) atoms.